The Labute approximate surface area is 156 Å². The molecule has 0 spiro atoms. The molecule has 0 radical (unpaired) electrons. The van der Waals surface area contributed by atoms with Crippen LogP contribution in [0.3, 0.4) is 0 Å². The first-order valence-electron chi connectivity index (χ1n) is 8.62. The lowest BCUT2D eigenvalue weighted by Gasteiger charge is -2.09. The van der Waals surface area contributed by atoms with Crippen LogP contribution < -0.4 is 15.5 Å². The number of fused-ring (bicyclic) bond motifs is 1. The third kappa shape index (κ3) is 4.47. The molecule has 1 heterocycles. The fourth-order valence-corrected chi connectivity index (χ4v) is 2.52. The van der Waals surface area contributed by atoms with Crippen molar-refractivity contribution in [2.75, 3.05) is 19.0 Å². The van der Waals surface area contributed by atoms with E-state index < -0.39 is 6.09 Å². The fraction of sp³-hybridized carbons (Fsp3) is 0.238. The summed E-state index contributed by atoms with van der Waals surface area (Å²) in [5, 5.41) is 3.12. The number of nitrogens with one attached hydrogen (secondary N) is 1. The smallest absolute Gasteiger partial charge is 0.411 e. The van der Waals surface area contributed by atoms with Crippen molar-refractivity contribution >= 4 is 22.7 Å². The lowest BCUT2D eigenvalue weighted by atomic mass is 10.1. The van der Waals surface area contributed by atoms with Gasteiger partial charge in [0.15, 0.2) is 5.43 Å². The van der Waals surface area contributed by atoms with E-state index in [-0.39, 0.29) is 11.3 Å². The monoisotopic (exact) mass is 367 g/mol. The van der Waals surface area contributed by atoms with Crippen molar-refractivity contribution in [3.8, 4) is 17.1 Å². The Kier molecular flexibility index (Phi) is 5.45. The Hall–Kier alpha value is -3.28. The molecule has 0 aliphatic carbocycles. The number of hydrogen-bond acceptors (Lipinski definition) is 5. The van der Waals surface area contributed by atoms with Crippen molar-refractivity contribution in [1.29, 1.82) is 0 Å². The molecule has 3 rings (SSSR count). The van der Waals surface area contributed by atoms with Crippen LogP contribution in [0.1, 0.15) is 13.8 Å². The third-order valence-electron chi connectivity index (χ3n) is 3.90. The predicted molar refractivity (Wildman–Crippen MR) is 104 cm³/mol. The van der Waals surface area contributed by atoms with Crippen molar-refractivity contribution in [2.24, 2.45) is 5.92 Å². The topological polar surface area (TPSA) is 77.8 Å². The summed E-state index contributed by atoms with van der Waals surface area (Å²) in [6.45, 7) is 4.29. The summed E-state index contributed by atoms with van der Waals surface area (Å²) in [6.07, 6.45) is -0.498. The molecular weight excluding hydrogens is 346 g/mol. The molecule has 6 heteroatoms. The highest BCUT2D eigenvalue weighted by atomic mass is 16.5. The molecule has 1 N–H and O–H groups in total. The molecule has 0 saturated carbocycles. The van der Waals surface area contributed by atoms with Gasteiger partial charge in [0, 0.05) is 17.3 Å². The van der Waals surface area contributed by atoms with E-state index in [1.165, 1.54) is 6.07 Å². The molecule has 0 bridgehead atoms. The maximum absolute atomic E-state index is 12.4. The minimum absolute atomic E-state index is 0.149. The number of carbonyl (C=O) groups excluding carboxylic acids is 1. The van der Waals surface area contributed by atoms with E-state index in [9.17, 15) is 9.59 Å². The van der Waals surface area contributed by atoms with Gasteiger partial charge < -0.3 is 13.9 Å². The molecule has 3 aromatic rings. The van der Waals surface area contributed by atoms with Crippen LogP contribution in [0.15, 0.2) is 57.7 Å². The summed E-state index contributed by atoms with van der Waals surface area (Å²) in [5.41, 5.74) is 1.66. The average molecular weight is 367 g/mol. The number of ether oxygens (including phenoxy) is 2. The quantitative estimate of drug-likeness (QED) is 0.709. The second-order valence-corrected chi connectivity index (χ2v) is 6.53. The first kappa shape index (κ1) is 18.5. The van der Waals surface area contributed by atoms with Gasteiger partial charge in [0.05, 0.1) is 19.1 Å². The van der Waals surface area contributed by atoms with E-state index in [0.717, 1.165) is 5.56 Å². The van der Waals surface area contributed by atoms with Crippen LogP contribution in [0, 0.1) is 5.92 Å². The van der Waals surface area contributed by atoms with Gasteiger partial charge in [0.2, 0.25) is 0 Å². The Morgan fingerprint density at radius 3 is 2.52 bits per heavy atom. The summed E-state index contributed by atoms with van der Waals surface area (Å²) < 4.78 is 16.1. The normalized spacial score (nSPS) is 10.8. The molecule has 0 atom stereocenters. The maximum atomic E-state index is 12.4. The van der Waals surface area contributed by atoms with Gasteiger partial charge in [0.1, 0.15) is 17.1 Å². The number of benzene rings is 2. The van der Waals surface area contributed by atoms with Crippen LogP contribution in [-0.4, -0.2) is 19.8 Å². The molecular formula is C21H21NO5. The second kappa shape index (κ2) is 7.95. The molecule has 1 amide bonds. The first-order valence-corrected chi connectivity index (χ1v) is 8.62. The number of hydrogen-bond donors (Lipinski definition) is 1. The zero-order valence-corrected chi connectivity index (χ0v) is 15.4. The van der Waals surface area contributed by atoms with Gasteiger partial charge in [-0.1, -0.05) is 13.8 Å². The van der Waals surface area contributed by atoms with Gasteiger partial charge in [-0.3, -0.25) is 10.1 Å². The van der Waals surface area contributed by atoms with E-state index in [0.29, 0.717) is 34.8 Å². The van der Waals surface area contributed by atoms with Gasteiger partial charge in [0.25, 0.3) is 0 Å². The van der Waals surface area contributed by atoms with Gasteiger partial charge in [-0.05, 0) is 48.4 Å². The third-order valence-corrected chi connectivity index (χ3v) is 3.90. The highest BCUT2D eigenvalue weighted by Crippen LogP contribution is 2.25. The van der Waals surface area contributed by atoms with Crippen LogP contribution in [0.2, 0.25) is 0 Å². The van der Waals surface area contributed by atoms with E-state index in [2.05, 4.69) is 5.32 Å². The Balaban J connectivity index is 1.80. The zero-order valence-electron chi connectivity index (χ0n) is 15.4. The van der Waals surface area contributed by atoms with Crippen LogP contribution in [0.4, 0.5) is 10.5 Å². The number of anilines is 1. The van der Waals surface area contributed by atoms with Gasteiger partial charge in [-0.25, -0.2) is 4.79 Å². The summed E-state index contributed by atoms with van der Waals surface area (Å²) in [5.74, 6) is 1.32. The molecule has 1 aromatic heterocycles. The molecule has 2 aromatic carbocycles. The van der Waals surface area contributed by atoms with Crippen molar-refractivity contribution in [3.05, 3.63) is 58.8 Å². The molecule has 0 saturated heterocycles. The van der Waals surface area contributed by atoms with Crippen molar-refractivity contribution in [2.45, 2.75) is 13.8 Å². The zero-order chi connectivity index (χ0) is 19.4. The maximum Gasteiger partial charge on any atom is 0.411 e. The van der Waals surface area contributed by atoms with Crippen LogP contribution in [0.5, 0.6) is 5.75 Å². The van der Waals surface area contributed by atoms with Crippen molar-refractivity contribution in [1.82, 2.24) is 0 Å². The Bertz CT molecular complexity index is 1010. The number of rotatable bonds is 5. The average Bonchev–Trinajstić information content (AvgIpc) is 2.66. The van der Waals surface area contributed by atoms with Crippen molar-refractivity contribution < 1.29 is 18.7 Å². The minimum atomic E-state index is -0.498. The number of amides is 1. The molecule has 0 unspecified atom stereocenters. The fourth-order valence-electron chi connectivity index (χ4n) is 2.52. The van der Waals surface area contributed by atoms with Gasteiger partial charge in [-0.15, -0.1) is 0 Å². The van der Waals surface area contributed by atoms with E-state index in [1.807, 2.05) is 13.8 Å². The SMILES string of the molecule is COc1ccc2oc(-c3ccc(NC(=O)OCC(C)C)cc3)cc(=O)c2c1. The highest BCUT2D eigenvalue weighted by Gasteiger charge is 2.09. The van der Waals surface area contributed by atoms with E-state index in [4.69, 9.17) is 13.9 Å². The minimum Gasteiger partial charge on any atom is -0.497 e. The standard InChI is InChI=1S/C21H21NO5/c1-13(2)12-26-21(24)22-15-6-4-14(5-7-15)20-11-18(23)17-10-16(25-3)8-9-19(17)27-20/h4-11,13H,12H2,1-3H3,(H,22,24). The van der Waals surface area contributed by atoms with Gasteiger partial charge >= 0.3 is 6.09 Å². The molecule has 0 aliphatic rings. The van der Waals surface area contributed by atoms with E-state index >= 15 is 0 Å². The Morgan fingerprint density at radius 2 is 1.85 bits per heavy atom. The lowest BCUT2D eigenvalue weighted by Crippen LogP contribution is -2.16. The molecule has 140 valence electrons. The van der Waals surface area contributed by atoms with E-state index in [1.54, 1.807) is 49.6 Å². The summed E-state index contributed by atoms with van der Waals surface area (Å²) in [6, 6.07) is 13.5. The van der Waals surface area contributed by atoms with Crippen LogP contribution in [-0.2, 0) is 4.74 Å². The molecule has 27 heavy (non-hydrogen) atoms. The first-order chi connectivity index (χ1) is 13.0. The van der Waals surface area contributed by atoms with Crippen LogP contribution >= 0.6 is 0 Å². The summed E-state index contributed by atoms with van der Waals surface area (Å²) in [4.78, 5) is 24.1. The lowest BCUT2D eigenvalue weighted by molar-refractivity contribution is 0.147. The molecule has 6 nitrogen and oxygen atoms in total. The molecule has 0 aliphatic heterocycles. The highest BCUT2D eigenvalue weighted by molar-refractivity contribution is 5.85. The van der Waals surface area contributed by atoms with Crippen molar-refractivity contribution in [3.63, 3.8) is 0 Å². The van der Waals surface area contributed by atoms with Gasteiger partial charge in [-0.2, -0.15) is 0 Å². The summed E-state index contributed by atoms with van der Waals surface area (Å²) in [7, 11) is 1.55. The number of carbonyl (C=O) groups is 1. The second-order valence-electron chi connectivity index (χ2n) is 6.53. The van der Waals surface area contributed by atoms with Crippen LogP contribution in [0.25, 0.3) is 22.3 Å². The largest absolute Gasteiger partial charge is 0.497 e. The number of methoxy groups -OCH3 is 1. The summed E-state index contributed by atoms with van der Waals surface area (Å²) >= 11 is 0. The Morgan fingerprint density at radius 1 is 1.11 bits per heavy atom. The molecule has 0 fully saturated rings. The predicted octanol–water partition coefficient (Wildman–Crippen LogP) is 4.67.